The highest BCUT2D eigenvalue weighted by Crippen LogP contribution is 2.34. The first-order valence-corrected chi connectivity index (χ1v) is 7.14. The first-order valence-electron chi connectivity index (χ1n) is 7.14. The third-order valence-electron chi connectivity index (χ3n) is 4.30. The highest BCUT2D eigenvalue weighted by molar-refractivity contribution is 5.82. The van der Waals surface area contributed by atoms with E-state index in [9.17, 15) is 9.18 Å². The topological polar surface area (TPSA) is 64.4 Å². The van der Waals surface area contributed by atoms with E-state index in [0.29, 0.717) is 24.5 Å². The van der Waals surface area contributed by atoms with Crippen LogP contribution in [0.25, 0.3) is 0 Å². The standard InChI is InChI=1S/C15H19FN2O2/c16-11-6-2-5-10-12(7-8-20-14(10)11)18-15(19)13(17)9-3-1-4-9/h2,5-6,9,12-13H,1,3-4,7-8,17H2,(H,18,19)/t12-,13?/m0/s1. The van der Waals surface area contributed by atoms with Crippen LogP contribution in [0.15, 0.2) is 18.2 Å². The minimum atomic E-state index is -0.455. The van der Waals surface area contributed by atoms with Gasteiger partial charge in [0.1, 0.15) is 0 Å². The number of hydrogen-bond acceptors (Lipinski definition) is 3. The minimum Gasteiger partial charge on any atom is -0.490 e. The third-order valence-corrected chi connectivity index (χ3v) is 4.30. The van der Waals surface area contributed by atoms with Crippen LogP contribution in [0.4, 0.5) is 4.39 Å². The van der Waals surface area contributed by atoms with E-state index >= 15 is 0 Å². The Morgan fingerprint density at radius 1 is 1.40 bits per heavy atom. The van der Waals surface area contributed by atoms with Crippen molar-refractivity contribution >= 4 is 5.91 Å². The fourth-order valence-electron chi connectivity index (χ4n) is 2.82. The SMILES string of the molecule is NC(C(=O)N[C@H]1CCOc2c(F)cccc21)C1CCC1. The van der Waals surface area contributed by atoms with Crippen LogP contribution in [0.1, 0.15) is 37.3 Å². The monoisotopic (exact) mass is 278 g/mol. The average Bonchev–Trinajstić information content (AvgIpc) is 2.38. The first-order chi connectivity index (χ1) is 9.66. The average molecular weight is 278 g/mol. The van der Waals surface area contributed by atoms with Gasteiger partial charge < -0.3 is 15.8 Å². The summed E-state index contributed by atoms with van der Waals surface area (Å²) in [6.07, 6.45) is 3.83. The molecule has 1 unspecified atom stereocenters. The number of fused-ring (bicyclic) bond motifs is 1. The summed E-state index contributed by atoms with van der Waals surface area (Å²) in [6, 6.07) is 4.12. The van der Waals surface area contributed by atoms with Crippen molar-refractivity contribution in [2.75, 3.05) is 6.61 Å². The molecule has 5 heteroatoms. The zero-order valence-corrected chi connectivity index (χ0v) is 11.3. The Kier molecular flexibility index (Phi) is 3.61. The normalized spacial score (nSPS) is 23.2. The predicted octanol–water partition coefficient (Wildman–Crippen LogP) is 1.89. The van der Waals surface area contributed by atoms with E-state index in [0.717, 1.165) is 19.3 Å². The molecule has 3 N–H and O–H groups in total. The Hall–Kier alpha value is -1.62. The molecule has 0 bridgehead atoms. The summed E-state index contributed by atoms with van der Waals surface area (Å²) in [6.45, 7) is 0.400. The van der Waals surface area contributed by atoms with Gasteiger partial charge in [-0.15, -0.1) is 0 Å². The summed E-state index contributed by atoms with van der Waals surface area (Å²) in [4.78, 5) is 12.2. The lowest BCUT2D eigenvalue weighted by Gasteiger charge is -2.33. The van der Waals surface area contributed by atoms with Crippen LogP contribution in [-0.2, 0) is 4.79 Å². The molecule has 2 aliphatic rings. The predicted molar refractivity (Wildman–Crippen MR) is 72.7 cm³/mol. The van der Waals surface area contributed by atoms with Gasteiger partial charge in [0, 0.05) is 12.0 Å². The maximum Gasteiger partial charge on any atom is 0.237 e. The van der Waals surface area contributed by atoms with Crippen molar-refractivity contribution < 1.29 is 13.9 Å². The van der Waals surface area contributed by atoms with Gasteiger partial charge in [0.05, 0.1) is 18.7 Å². The zero-order chi connectivity index (χ0) is 14.1. The van der Waals surface area contributed by atoms with Gasteiger partial charge >= 0.3 is 0 Å². The zero-order valence-electron chi connectivity index (χ0n) is 11.3. The second-order valence-corrected chi connectivity index (χ2v) is 5.57. The number of carbonyl (C=O) groups is 1. The maximum absolute atomic E-state index is 13.7. The third kappa shape index (κ3) is 2.38. The molecule has 1 amide bonds. The number of benzene rings is 1. The largest absolute Gasteiger partial charge is 0.490 e. The van der Waals surface area contributed by atoms with Crippen molar-refractivity contribution in [1.82, 2.24) is 5.32 Å². The number of hydrogen-bond donors (Lipinski definition) is 2. The smallest absolute Gasteiger partial charge is 0.237 e. The molecule has 0 saturated heterocycles. The number of para-hydroxylation sites is 1. The van der Waals surface area contributed by atoms with Gasteiger partial charge in [0.15, 0.2) is 11.6 Å². The van der Waals surface area contributed by atoms with E-state index in [2.05, 4.69) is 5.32 Å². The molecule has 0 spiro atoms. The fraction of sp³-hybridized carbons (Fsp3) is 0.533. The van der Waals surface area contributed by atoms with Crippen LogP contribution in [-0.4, -0.2) is 18.6 Å². The van der Waals surface area contributed by atoms with Crippen molar-refractivity contribution in [3.63, 3.8) is 0 Å². The lowest BCUT2D eigenvalue weighted by Crippen LogP contribution is -2.49. The number of amides is 1. The first kappa shape index (κ1) is 13.4. The lowest BCUT2D eigenvalue weighted by atomic mass is 9.79. The van der Waals surface area contributed by atoms with Crippen molar-refractivity contribution in [2.24, 2.45) is 11.7 Å². The summed E-state index contributed by atoms with van der Waals surface area (Å²) in [7, 11) is 0. The highest BCUT2D eigenvalue weighted by Gasteiger charge is 2.32. The molecular weight excluding hydrogens is 259 g/mol. The second-order valence-electron chi connectivity index (χ2n) is 5.57. The number of rotatable bonds is 3. The molecule has 0 aromatic heterocycles. The molecule has 1 heterocycles. The molecule has 1 aromatic rings. The molecule has 1 saturated carbocycles. The highest BCUT2D eigenvalue weighted by atomic mass is 19.1. The van der Waals surface area contributed by atoms with Crippen LogP contribution in [0.2, 0.25) is 0 Å². The summed E-state index contributed by atoms with van der Waals surface area (Å²) >= 11 is 0. The fourth-order valence-corrected chi connectivity index (χ4v) is 2.82. The van der Waals surface area contributed by atoms with Crippen molar-refractivity contribution in [3.05, 3.63) is 29.6 Å². The molecule has 1 aliphatic heterocycles. The Balaban J connectivity index is 1.72. The molecule has 0 radical (unpaired) electrons. The number of carbonyl (C=O) groups excluding carboxylic acids is 1. The molecule has 2 atom stereocenters. The lowest BCUT2D eigenvalue weighted by molar-refractivity contribution is -0.125. The number of halogens is 1. The van der Waals surface area contributed by atoms with Crippen LogP contribution in [0.3, 0.4) is 0 Å². The number of nitrogens with one attached hydrogen (secondary N) is 1. The minimum absolute atomic E-state index is 0.142. The van der Waals surface area contributed by atoms with Gasteiger partial charge in [-0.3, -0.25) is 4.79 Å². The maximum atomic E-state index is 13.7. The van der Waals surface area contributed by atoms with E-state index < -0.39 is 6.04 Å². The van der Waals surface area contributed by atoms with Crippen LogP contribution >= 0.6 is 0 Å². The Labute approximate surface area is 117 Å². The molecule has 1 aliphatic carbocycles. The summed E-state index contributed by atoms with van der Waals surface area (Å²) in [5.74, 6) is 0.0182. The van der Waals surface area contributed by atoms with E-state index in [1.165, 1.54) is 6.07 Å². The van der Waals surface area contributed by atoms with E-state index in [1.807, 2.05) is 0 Å². The van der Waals surface area contributed by atoms with Crippen molar-refractivity contribution in [2.45, 2.75) is 37.8 Å². The summed E-state index contributed by atoms with van der Waals surface area (Å²) in [5, 5.41) is 2.94. The van der Waals surface area contributed by atoms with Crippen LogP contribution in [0.5, 0.6) is 5.75 Å². The van der Waals surface area contributed by atoms with E-state index in [-0.39, 0.29) is 23.5 Å². The van der Waals surface area contributed by atoms with Gasteiger partial charge in [-0.1, -0.05) is 18.6 Å². The Bertz CT molecular complexity index is 517. The molecule has 1 fully saturated rings. The van der Waals surface area contributed by atoms with Crippen molar-refractivity contribution in [3.8, 4) is 5.75 Å². The van der Waals surface area contributed by atoms with Gasteiger partial charge in [-0.2, -0.15) is 0 Å². The number of nitrogens with two attached hydrogens (primary N) is 1. The second kappa shape index (κ2) is 5.40. The molecule has 4 nitrogen and oxygen atoms in total. The molecule has 1 aromatic carbocycles. The molecule has 108 valence electrons. The summed E-state index contributed by atoms with van der Waals surface area (Å²) in [5.41, 5.74) is 6.67. The van der Waals surface area contributed by atoms with Gasteiger partial charge in [0.25, 0.3) is 0 Å². The quantitative estimate of drug-likeness (QED) is 0.887. The molecule has 3 rings (SSSR count). The van der Waals surface area contributed by atoms with Crippen LogP contribution in [0, 0.1) is 11.7 Å². The Morgan fingerprint density at radius 2 is 2.20 bits per heavy atom. The van der Waals surface area contributed by atoms with Gasteiger partial charge in [0.2, 0.25) is 5.91 Å². The van der Waals surface area contributed by atoms with Crippen molar-refractivity contribution in [1.29, 1.82) is 0 Å². The number of ether oxygens (including phenoxy) is 1. The van der Waals surface area contributed by atoms with E-state index in [4.69, 9.17) is 10.5 Å². The van der Waals surface area contributed by atoms with E-state index in [1.54, 1.807) is 12.1 Å². The summed E-state index contributed by atoms with van der Waals surface area (Å²) < 4.78 is 19.0. The van der Waals surface area contributed by atoms with Gasteiger partial charge in [-0.05, 0) is 24.8 Å². The van der Waals surface area contributed by atoms with Gasteiger partial charge in [-0.25, -0.2) is 4.39 Å². The molecule has 20 heavy (non-hydrogen) atoms. The Morgan fingerprint density at radius 3 is 2.90 bits per heavy atom. The van der Waals surface area contributed by atoms with Crippen LogP contribution < -0.4 is 15.8 Å². The molecular formula is C15H19FN2O2.